The quantitative estimate of drug-likeness (QED) is 0.725. The van der Waals surface area contributed by atoms with Crippen LogP contribution in [0.15, 0.2) is 41.3 Å². The van der Waals surface area contributed by atoms with Crippen LogP contribution in [0.3, 0.4) is 0 Å². The first-order valence-corrected chi connectivity index (χ1v) is 11.5. The van der Waals surface area contributed by atoms with Gasteiger partial charge in [-0.15, -0.1) is 0 Å². The molecule has 0 spiro atoms. The Morgan fingerprint density at radius 2 is 1.66 bits per heavy atom. The fourth-order valence-corrected chi connectivity index (χ4v) is 5.71. The lowest BCUT2D eigenvalue weighted by Gasteiger charge is -2.34. The van der Waals surface area contributed by atoms with Gasteiger partial charge in [0.1, 0.15) is 11.5 Å². The molecule has 1 heterocycles. The van der Waals surface area contributed by atoms with Gasteiger partial charge in [0, 0.05) is 38.3 Å². The molecule has 0 bridgehead atoms. The van der Waals surface area contributed by atoms with Crippen molar-refractivity contribution in [2.75, 3.05) is 40.4 Å². The number of ether oxygens (including phenoxy) is 2. The van der Waals surface area contributed by atoms with Crippen LogP contribution in [-0.4, -0.2) is 58.0 Å². The standard InChI is InChI=1S/C22H28N2O4S/c1-27-20-7-9-22(28-2)19(14-20)16-23-10-12-24(13-11-23)29(25,26)21-8-6-17-4-3-5-18(17)15-21/h6-9,14-15H,3-5,10-13,16H2,1-2H3. The normalized spacial score (nSPS) is 17.9. The maximum atomic E-state index is 13.1. The molecule has 0 saturated carbocycles. The Balaban J connectivity index is 1.43. The lowest BCUT2D eigenvalue weighted by atomic mass is 10.1. The van der Waals surface area contributed by atoms with Crippen LogP contribution in [-0.2, 0) is 29.4 Å². The van der Waals surface area contributed by atoms with E-state index in [1.807, 2.05) is 30.3 Å². The highest BCUT2D eigenvalue weighted by molar-refractivity contribution is 7.89. The van der Waals surface area contributed by atoms with Crippen LogP contribution in [0.25, 0.3) is 0 Å². The predicted molar refractivity (Wildman–Crippen MR) is 112 cm³/mol. The van der Waals surface area contributed by atoms with Gasteiger partial charge in [-0.1, -0.05) is 6.07 Å². The Labute approximate surface area is 173 Å². The summed E-state index contributed by atoms with van der Waals surface area (Å²) in [7, 11) is -0.135. The van der Waals surface area contributed by atoms with Gasteiger partial charge >= 0.3 is 0 Å². The molecule has 1 aliphatic carbocycles. The Morgan fingerprint density at radius 1 is 0.897 bits per heavy atom. The van der Waals surface area contributed by atoms with Crippen LogP contribution in [0.1, 0.15) is 23.1 Å². The number of fused-ring (bicyclic) bond motifs is 1. The van der Waals surface area contributed by atoms with E-state index in [0.717, 1.165) is 36.3 Å². The highest BCUT2D eigenvalue weighted by atomic mass is 32.2. The fraction of sp³-hybridized carbons (Fsp3) is 0.455. The summed E-state index contributed by atoms with van der Waals surface area (Å²) >= 11 is 0. The van der Waals surface area contributed by atoms with Crippen molar-refractivity contribution in [2.24, 2.45) is 0 Å². The maximum absolute atomic E-state index is 13.1. The summed E-state index contributed by atoms with van der Waals surface area (Å²) in [4.78, 5) is 2.69. The van der Waals surface area contributed by atoms with Gasteiger partial charge in [-0.25, -0.2) is 8.42 Å². The molecule has 1 saturated heterocycles. The van der Waals surface area contributed by atoms with Crippen molar-refractivity contribution in [3.63, 3.8) is 0 Å². The molecule has 7 heteroatoms. The molecular formula is C22H28N2O4S. The highest BCUT2D eigenvalue weighted by Crippen LogP contribution is 2.28. The first kappa shape index (κ1) is 20.2. The van der Waals surface area contributed by atoms with Gasteiger partial charge in [-0.2, -0.15) is 4.31 Å². The van der Waals surface area contributed by atoms with Gasteiger partial charge in [0.25, 0.3) is 0 Å². The molecule has 0 amide bonds. The first-order chi connectivity index (χ1) is 14.0. The molecule has 2 aromatic carbocycles. The molecule has 0 aromatic heterocycles. The van der Waals surface area contributed by atoms with E-state index in [1.165, 1.54) is 11.1 Å². The molecule has 4 rings (SSSR count). The van der Waals surface area contributed by atoms with Crippen LogP contribution in [0.4, 0.5) is 0 Å². The monoisotopic (exact) mass is 416 g/mol. The van der Waals surface area contributed by atoms with E-state index in [2.05, 4.69) is 4.90 Å². The molecule has 2 aromatic rings. The number of benzene rings is 2. The van der Waals surface area contributed by atoms with Crippen LogP contribution in [0, 0.1) is 0 Å². The van der Waals surface area contributed by atoms with E-state index in [4.69, 9.17) is 9.47 Å². The summed E-state index contributed by atoms with van der Waals surface area (Å²) in [5, 5.41) is 0. The summed E-state index contributed by atoms with van der Waals surface area (Å²) in [5.41, 5.74) is 3.53. The van der Waals surface area contributed by atoms with E-state index < -0.39 is 10.0 Å². The number of rotatable bonds is 6. The molecule has 1 aliphatic heterocycles. The number of hydrogen-bond donors (Lipinski definition) is 0. The van der Waals surface area contributed by atoms with Gasteiger partial charge in [-0.05, 0) is 60.7 Å². The molecular weight excluding hydrogens is 388 g/mol. The molecule has 29 heavy (non-hydrogen) atoms. The Kier molecular flexibility index (Phi) is 5.81. The molecule has 0 N–H and O–H groups in total. The number of aryl methyl sites for hydroxylation is 2. The third-order valence-corrected chi connectivity index (χ3v) is 7.82. The van der Waals surface area contributed by atoms with E-state index >= 15 is 0 Å². The number of piperazine rings is 1. The fourth-order valence-electron chi connectivity index (χ4n) is 4.23. The van der Waals surface area contributed by atoms with Crippen molar-refractivity contribution in [3.05, 3.63) is 53.1 Å². The molecule has 6 nitrogen and oxygen atoms in total. The number of methoxy groups -OCH3 is 2. The largest absolute Gasteiger partial charge is 0.497 e. The van der Waals surface area contributed by atoms with E-state index in [9.17, 15) is 8.42 Å². The summed E-state index contributed by atoms with van der Waals surface area (Å²) in [6, 6.07) is 11.4. The van der Waals surface area contributed by atoms with Gasteiger partial charge in [0.2, 0.25) is 10.0 Å². The van der Waals surface area contributed by atoms with Gasteiger partial charge in [-0.3, -0.25) is 4.90 Å². The smallest absolute Gasteiger partial charge is 0.243 e. The van der Waals surface area contributed by atoms with Crippen molar-refractivity contribution in [3.8, 4) is 11.5 Å². The lowest BCUT2D eigenvalue weighted by Crippen LogP contribution is -2.48. The number of hydrogen-bond acceptors (Lipinski definition) is 5. The lowest BCUT2D eigenvalue weighted by molar-refractivity contribution is 0.180. The summed E-state index contributed by atoms with van der Waals surface area (Å²) in [6.07, 6.45) is 3.15. The minimum atomic E-state index is -3.44. The summed E-state index contributed by atoms with van der Waals surface area (Å²) < 4.78 is 38.6. The second-order valence-corrected chi connectivity index (χ2v) is 9.58. The SMILES string of the molecule is COc1ccc(OC)c(CN2CCN(S(=O)(=O)c3ccc4c(c3)CCC4)CC2)c1. The average Bonchev–Trinajstić information content (AvgIpc) is 3.22. The van der Waals surface area contributed by atoms with Crippen molar-refractivity contribution in [2.45, 2.75) is 30.7 Å². The Morgan fingerprint density at radius 3 is 2.38 bits per heavy atom. The summed E-state index contributed by atoms with van der Waals surface area (Å²) in [6.45, 7) is 3.06. The van der Waals surface area contributed by atoms with Crippen molar-refractivity contribution < 1.29 is 17.9 Å². The third kappa shape index (κ3) is 4.13. The Bertz CT molecular complexity index is 982. The molecule has 0 radical (unpaired) electrons. The third-order valence-electron chi connectivity index (χ3n) is 5.92. The van der Waals surface area contributed by atoms with Crippen LogP contribution in [0.5, 0.6) is 11.5 Å². The molecule has 1 fully saturated rings. The van der Waals surface area contributed by atoms with Gasteiger partial charge in [0.05, 0.1) is 19.1 Å². The van der Waals surface area contributed by atoms with Crippen molar-refractivity contribution >= 4 is 10.0 Å². The number of sulfonamides is 1. The van der Waals surface area contributed by atoms with Gasteiger partial charge < -0.3 is 9.47 Å². The maximum Gasteiger partial charge on any atom is 0.243 e. The van der Waals surface area contributed by atoms with Crippen LogP contribution in [0.2, 0.25) is 0 Å². The van der Waals surface area contributed by atoms with E-state index in [1.54, 1.807) is 24.6 Å². The molecule has 156 valence electrons. The second kappa shape index (κ2) is 8.34. The van der Waals surface area contributed by atoms with Crippen LogP contribution >= 0.6 is 0 Å². The van der Waals surface area contributed by atoms with Gasteiger partial charge in [0.15, 0.2) is 0 Å². The topological polar surface area (TPSA) is 59.1 Å². The van der Waals surface area contributed by atoms with E-state index in [-0.39, 0.29) is 0 Å². The number of nitrogens with zero attached hydrogens (tertiary/aromatic N) is 2. The molecule has 0 atom stereocenters. The predicted octanol–water partition coefficient (Wildman–Crippen LogP) is 2.70. The highest BCUT2D eigenvalue weighted by Gasteiger charge is 2.29. The van der Waals surface area contributed by atoms with Crippen LogP contribution < -0.4 is 9.47 Å². The second-order valence-electron chi connectivity index (χ2n) is 7.64. The zero-order valence-electron chi connectivity index (χ0n) is 17.1. The van der Waals surface area contributed by atoms with Crippen molar-refractivity contribution in [1.82, 2.24) is 9.21 Å². The Hall–Kier alpha value is -2.09. The molecule has 0 unspecified atom stereocenters. The summed E-state index contributed by atoms with van der Waals surface area (Å²) in [5.74, 6) is 1.61. The zero-order chi connectivity index (χ0) is 20.4. The average molecular weight is 417 g/mol. The minimum Gasteiger partial charge on any atom is -0.497 e. The van der Waals surface area contributed by atoms with E-state index in [0.29, 0.717) is 37.6 Å². The minimum absolute atomic E-state index is 0.432. The first-order valence-electron chi connectivity index (χ1n) is 10.1. The zero-order valence-corrected chi connectivity index (χ0v) is 17.9. The molecule has 2 aliphatic rings. The van der Waals surface area contributed by atoms with Crippen molar-refractivity contribution in [1.29, 1.82) is 0 Å².